The van der Waals surface area contributed by atoms with Crippen LogP contribution in [0.1, 0.15) is 40.2 Å². The summed E-state index contributed by atoms with van der Waals surface area (Å²) in [6.45, 7) is 2.93. The van der Waals surface area contributed by atoms with Crippen LogP contribution in [0.15, 0.2) is 48.5 Å². The lowest BCUT2D eigenvalue weighted by Gasteiger charge is -2.32. The van der Waals surface area contributed by atoms with Crippen LogP contribution in [0.4, 0.5) is 0 Å². The van der Waals surface area contributed by atoms with Crippen LogP contribution >= 0.6 is 0 Å². The van der Waals surface area contributed by atoms with Gasteiger partial charge in [-0.05, 0) is 67.2 Å². The Morgan fingerprint density at radius 1 is 1.00 bits per heavy atom. The number of benzene rings is 2. The van der Waals surface area contributed by atoms with Gasteiger partial charge in [-0.15, -0.1) is 0 Å². The van der Waals surface area contributed by atoms with Crippen LogP contribution in [0, 0.1) is 0 Å². The molecule has 1 heterocycles. The zero-order chi connectivity index (χ0) is 16.2. The molecule has 1 saturated heterocycles. The Kier molecular flexibility index (Phi) is 4.63. The minimum absolute atomic E-state index is 0.316. The van der Waals surface area contributed by atoms with E-state index in [4.69, 9.17) is 5.11 Å². The Bertz CT molecular complexity index is 656. The third kappa shape index (κ3) is 3.90. The second-order valence-corrected chi connectivity index (χ2v) is 6.14. The molecule has 3 rings (SSSR count). The molecule has 0 aromatic heterocycles. The van der Waals surface area contributed by atoms with E-state index in [1.165, 1.54) is 5.56 Å². The predicted molar refractivity (Wildman–Crippen MR) is 88.8 cm³/mol. The van der Waals surface area contributed by atoms with Gasteiger partial charge >= 0.3 is 5.97 Å². The first-order chi connectivity index (χ1) is 11.1. The molecule has 0 radical (unpaired) electrons. The van der Waals surface area contributed by atoms with Crippen LogP contribution in [0.3, 0.4) is 0 Å². The number of nitrogens with zero attached hydrogens (tertiary/aromatic N) is 1. The quantitative estimate of drug-likeness (QED) is 0.907. The van der Waals surface area contributed by atoms with Gasteiger partial charge in [0, 0.05) is 6.54 Å². The molecule has 0 unspecified atom stereocenters. The van der Waals surface area contributed by atoms with Crippen molar-refractivity contribution in [2.24, 2.45) is 0 Å². The lowest BCUT2D eigenvalue weighted by atomic mass is 9.89. The Hall–Kier alpha value is -2.33. The lowest BCUT2D eigenvalue weighted by Crippen LogP contribution is -2.32. The number of carbonyl (C=O) groups is 1. The van der Waals surface area contributed by atoms with E-state index in [2.05, 4.69) is 4.90 Å². The monoisotopic (exact) mass is 311 g/mol. The van der Waals surface area contributed by atoms with Crippen molar-refractivity contribution in [2.75, 3.05) is 13.1 Å². The molecule has 0 atom stereocenters. The number of aromatic carboxylic acids is 1. The fraction of sp³-hybridized carbons (Fsp3) is 0.316. The predicted octanol–water partition coefficient (Wildman–Crippen LogP) is 3.47. The molecule has 2 aromatic rings. The molecular weight excluding hydrogens is 290 g/mol. The van der Waals surface area contributed by atoms with Gasteiger partial charge in [0.1, 0.15) is 5.75 Å². The van der Waals surface area contributed by atoms with E-state index >= 15 is 0 Å². The number of hydrogen-bond acceptors (Lipinski definition) is 3. The van der Waals surface area contributed by atoms with Crippen LogP contribution in [0.2, 0.25) is 0 Å². The molecule has 2 N–H and O–H groups in total. The van der Waals surface area contributed by atoms with Crippen LogP contribution < -0.4 is 0 Å². The number of hydrogen-bond donors (Lipinski definition) is 2. The lowest BCUT2D eigenvalue weighted by molar-refractivity contribution is 0.0697. The number of phenolic OH excluding ortho intramolecular Hbond substituents is 1. The first-order valence-corrected chi connectivity index (χ1v) is 7.95. The molecule has 1 fully saturated rings. The average molecular weight is 311 g/mol. The molecule has 1 aliphatic rings. The van der Waals surface area contributed by atoms with Crippen molar-refractivity contribution in [3.8, 4) is 5.75 Å². The van der Waals surface area contributed by atoms with Crippen molar-refractivity contribution in [3.05, 3.63) is 65.2 Å². The maximum absolute atomic E-state index is 10.9. The minimum atomic E-state index is -0.883. The number of rotatable bonds is 4. The maximum atomic E-state index is 10.9. The van der Waals surface area contributed by atoms with Gasteiger partial charge < -0.3 is 10.2 Å². The average Bonchev–Trinajstić information content (AvgIpc) is 2.57. The fourth-order valence-electron chi connectivity index (χ4n) is 3.18. The van der Waals surface area contributed by atoms with E-state index in [-0.39, 0.29) is 0 Å². The van der Waals surface area contributed by atoms with Crippen LogP contribution in [-0.2, 0) is 6.54 Å². The number of aromatic hydroxyl groups is 1. The van der Waals surface area contributed by atoms with Gasteiger partial charge in [0.15, 0.2) is 0 Å². The molecular formula is C19H21NO3. The van der Waals surface area contributed by atoms with Gasteiger partial charge in [0.25, 0.3) is 0 Å². The van der Waals surface area contributed by atoms with E-state index in [1.807, 2.05) is 24.3 Å². The largest absolute Gasteiger partial charge is 0.508 e. The zero-order valence-electron chi connectivity index (χ0n) is 13.0. The highest BCUT2D eigenvalue weighted by Gasteiger charge is 2.20. The van der Waals surface area contributed by atoms with Crippen LogP contribution in [-0.4, -0.2) is 34.2 Å². The van der Waals surface area contributed by atoms with E-state index in [9.17, 15) is 9.90 Å². The van der Waals surface area contributed by atoms with E-state index < -0.39 is 5.97 Å². The van der Waals surface area contributed by atoms with E-state index in [1.54, 1.807) is 24.3 Å². The topological polar surface area (TPSA) is 60.8 Å². The summed E-state index contributed by atoms with van der Waals surface area (Å²) >= 11 is 0. The molecule has 1 aliphatic heterocycles. The number of piperidine rings is 1. The highest BCUT2D eigenvalue weighted by atomic mass is 16.4. The molecule has 4 heteroatoms. The normalized spacial score (nSPS) is 16.3. The summed E-state index contributed by atoms with van der Waals surface area (Å²) in [5, 5.41) is 18.3. The molecule has 0 spiro atoms. The smallest absolute Gasteiger partial charge is 0.335 e. The molecule has 4 nitrogen and oxygen atoms in total. The van der Waals surface area contributed by atoms with Gasteiger partial charge in [-0.2, -0.15) is 0 Å². The Balaban J connectivity index is 1.54. The maximum Gasteiger partial charge on any atom is 0.335 e. The standard InChI is InChI=1S/C19H21NO3/c21-18-7-5-15(6-8-18)16-9-11-20(12-10-16)13-14-1-3-17(4-2-14)19(22)23/h1-8,16,21H,9-13H2,(H,22,23). The molecule has 0 bridgehead atoms. The third-order valence-electron chi connectivity index (χ3n) is 4.56. The molecule has 0 amide bonds. The second kappa shape index (κ2) is 6.84. The second-order valence-electron chi connectivity index (χ2n) is 6.14. The number of carboxylic acid groups (broad SMARTS) is 1. The SMILES string of the molecule is O=C(O)c1ccc(CN2CCC(c3ccc(O)cc3)CC2)cc1. The first kappa shape index (κ1) is 15.6. The Morgan fingerprint density at radius 3 is 2.17 bits per heavy atom. The highest BCUT2D eigenvalue weighted by molar-refractivity contribution is 5.87. The highest BCUT2D eigenvalue weighted by Crippen LogP contribution is 2.29. The summed E-state index contributed by atoms with van der Waals surface area (Å²) in [6.07, 6.45) is 2.22. The number of phenols is 1. The van der Waals surface area contributed by atoms with Gasteiger partial charge in [-0.3, -0.25) is 4.90 Å². The van der Waals surface area contributed by atoms with Crippen molar-refractivity contribution >= 4 is 5.97 Å². The number of carboxylic acids is 1. The summed E-state index contributed by atoms with van der Waals surface area (Å²) < 4.78 is 0. The Labute approximate surface area is 136 Å². The molecule has 0 aliphatic carbocycles. The van der Waals surface area contributed by atoms with Crippen LogP contribution in [0.5, 0.6) is 5.75 Å². The van der Waals surface area contributed by atoms with Crippen molar-refractivity contribution in [2.45, 2.75) is 25.3 Å². The van der Waals surface area contributed by atoms with Crippen molar-refractivity contribution in [1.29, 1.82) is 0 Å². The van der Waals surface area contributed by atoms with Gasteiger partial charge in [-0.25, -0.2) is 4.79 Å². The number of likely N-dealkylation sites (tertiary alicyclic amines) is 1. The summed E-state index contributed by atoms with van der Waals surface area (Å²) in [7, 11) is 0. The first-order valence-electron chi connectivity index (χ1n) is 7.95. The molecule has 2 aromatic carbocycles. The molecule has 0 saturated carbocycles. The Morgan fingerprint density at radius 2 is 1.61 bits per heavy atom. The zero-order valence-corrected chi connectivity index (χ0v) is 13.0. The minimum Gasteiger partial charge on any atom is -0.508 e. The van der Waals surface area contributed by atoms with E-state index in [0.29, 0.717) is 17.2 Å². The van der Waals surface area contributed by atoms with Crippen molar-refractivity contribution < 1.29 is 15.0 Å². The van der Waals surface area contributed by atoms with E-state index in [0.717, 1.165) is 38.0 Å². The van der Waals surface area contributed by atoms with Crippen molar-refractivity contribution in [3.63, 3.8) is 0 Å². The molecule has 120 valence electrons. The summed E-state index contributed by atoms with van der Waals surface area (Å²) in [4.78, 5) is 13.3. The third-order valence-corrected chi connectivity index (χ3v) is 4.56. The summed E-state index contributed by atoms with van der Waals surface area (Å²) in [6, 6.07) is 14.7. The van der Waals surface area contributed by atoms with Crippen LogP contribution in [0.25, 0.3) is 0 Å². The fourth-order valence-corrected chi connectivity index (χ4v) is 3.18. The van der Waals surface area contributed by atoms with Gasteiger partial charge in [0.2, 0.25) is 0 Å². The van der Waals surface area contributed by atoms with Gasteiger partial charge in [0.05, 0.1) is 5.56 Å². The summed E-state index contributed by atoms with van der Waals surface area (Å²) in [5.74, 6) is -0.0107. The molecule has 23 heavy (non-hydrogen) atoms. The van der Waals surface area contributed by atoms with Crippen molar-refractivity contribution in [1.82, 2.24) is 4.90 Å². The van der Waals surface area contributed by atoms with Gasteiger partial charge in [-0.1, -0.05) is 24.3 Å². The summed E-state index contributed by atoms with van der Waals surface area (Å²) in [5.41, 5.74) is 2.78.